The highest BCUT2D eigenvalue weighted by Gasteiger charge is 2.18. The summed E-state index contributed by atoms with van der Waals surface area (Å²) in [6, 6.07) is 6.82. The lowest BCUT2D eigenvalue weighted by Crippen LogP contribution is -2.29. The second-order valence-corrected chi connectivity index (χ2v) is 5.30. The Bertz CT molecular complexity index is 583. The Hall–Kier alpha value is -1.17. The topological polar surface area (TPSA) is 51.2 Å². The van der Waals surface area contributed by atoms with Crippen LogP contribution in [-0.4, -0.2) is 0 Å². The molecule has 2 aromatic rings. The van der Waals surface area contributed by atoms with Crippen LogP contribution >= 0.6 is 15.9 Å². The van der Waals surface area contributed by atoms with E-state index in [0.29, 0.717) is 10.9 Å². The second-order valence-electron chi connectivity index (χ2n) is 4.50. The van der Waals surface area contributed by atoms with Gasteiger partial charge in [-0.15, -0.1) is 0 Å². The van der Waals surface area contributed by atoms with Crippen LogP contribution in [-0.2, 0) is 6.42 Å². The van der Waals surface area contributed by atoms with Gasteiger partial charge in [-0.1, -0.05) is 12.1 Å². The summed E-state index contributed by atoms with van der Waals surface area (Å²) >= 11 is 3.27. The molecule has 1 heterocycles. The lowest BCUT2D eigenvalue weighted by Gasteiger charge is -2.16. The minimum atomic E-state index is -0.270. The molecule has 0 aliphatic rings. The maximum Gasteiger partial charge on any atom is 0.137 e. The Morgan fingerprint density at radius 3 is 2.74 bits per heavy atom. The van der Waals surface area contributed by atoms with Crippen molar-refractivity contribution < 1.29 is 8.81 Å². The molecule has 0 aliphatic heterocycles. The van der Waals surface area contributed by atoms with Gasteiger partial charge in [0.1, 0.15) is 17.3 Å². The average molecular weight is 327 g/mol. The molecule has 0 bridgehead atoms. The standard InChI is InChI=1S/C14H16BrFN2O/c1-8-6-11(9(2)19-8)13(18-17)7-10-4-3-5-12(16)14(10)15/h3-6,13,18H,7,17H2,1-2H3. The van der Waals surface area contributed by atoms with E-state index in [1.165, 1.54) is 6.07 Å². The molecule has 2 rings (SSSR count). The Morgan fingerprint density at radius 1 is 1.42 bits per heavy atom. The van der Waals surface area contributed by atoms with Crippen molar-refractivity contribution >= 4 is 15.9 Å². The molecule has 1 atom stereocenters. The van der Waals surface area contributed by atoms with Crippen molar-refractivity contribution in [2.45, 2.75) is 26.3 Å². The maximum atomic E-state index is 13.5. The molecule has 0 saturated heterocycles. The molecule has 0 saturated carbocycles. The van der Waals surface area contributed by atoms with Gasteiger partial charge in [-0.3, -0.25) is 11.3 Å². The van der Waals surface area contributed by atoms with Crippen LogP contribution in [0.2, 0.25) is 0 Å². The quantitative estimate of drug-likeness (QED) is 0.667. The molecule has 0 amide bonds. The minimum Gasteiger partial charge on any atom is -0.466 e. The van der Waals surface area contributed by atoms with Gasteiger partial charge < -0.3 is 4.42 Å². The molecule has 19 heavy (non-hydrogen) atoms. The molecule has 1 aromatic heterocycles. The molecule has 1 unspecified atom stereocenters. The first-order valence-corrected chi connectivity index (χ1v) is 6.78. The fourth-order valence-corrected chi connectivity index (χ4v) is 2.61. The van der Waals surface area contributed by atoms with Crippen molar-refractivity contribution in [1.82, 2.24) is 5.43 Å². The number of aryl methyl sites for hydroxylation is 2. The largest absolute Gasteiger partial charge is 0.466 e. The summed E-state index contributed by atoms with van der Waals surface area (Å²) in [6.07, 6.45) is 0.578. The van der Waals surface area contributed by atoms with Crippen molar-refractivity contribution in [1.29, 1.82) is 0 Å². The number of benzene rings is 1. The zero-order valence-corrected chi connectivity index (χ0v) is 12.4. The Kier molecular flexibility index (Phi) is 4.39. The van der Waals surface area contributed by atoms with Crippen LogP contribution in [0.1, 0.15) is 28.7 Å². The van der Waals surface area contributed by atoms with E-state index in [-0.39, 0.29) is 11.9 Å². The highest BCUT2D eigenvalue weighted by atomic mass is 79.9. The van der Waals surface area contributed by atoms with Gasteiger partial charge in [0.2, 0.25) is 0 Å². The first-order chi connectivity index (χ1) is 9.02. The summed E-state index contributed by atoms with van der Waals surface area (Å²) in [6.45, 7) is 3.79. The molecule has 0 fully saturated rings. The molecule has 3 N–H and O–H groups in total. The van der Waals surface area contributed by atoms with Crippen LogP contribution < -0.4 is 11.3 Å². The number of hydrazine groups is 1. The van der Waals surface area contributed by atoms with E-state index in [4.69, 9.17) is 10.3 Å². The van der Waals surface area contributed by atoms with Gasteiger partial charge in [-0.2, -0.15) is 0 Å². The lowest BCUT2D eigenvalue weighted by molar-refractivity contribution is 0.484. The highest BCUT2D eigenvalue weighted by molar-refractivity contribution is 9.10. The molecule has 0 radical (unpaired) electrons. The summed E-state index contributed by atoms with van der Waals surface area (Å²) in [5.74, 6) is 7.01. The van der Waals surface area contributed by atoms with E-state index in [1.807, 2.05) is 26.0 Å². The fraction of sp³-hybridized carbons (Fsp3) is 0.286. The molecule has 0 aliphatic carbocycles. The van der Waals surface area contributed by atoms with Gasteiger partial charge in [0.05, 0.1) is 10.5 Å². The van der Waals surface area contributed by atoms with Crippen molar-refractivity contribution in [2.24, 2.45) is 5.84 Å². The van der Waals surface area contributed by atoms with Crippen molar-refractivity contribution in [3.63, 3.8) is 0 Å². The van der Waals surface area contributed by atoms with Gasteiger partial charge >= 0.3 is 0 Å². The van der Waals surface area contributed by atoms with Crippen LogP contribution in [0.5, 0.6) is 0 Å². The van der Waals surface area contributed by atoms with E-state index < -0.39 is 0 Å². The number of nitrogens with one attached hydrogen (secondary N) is 1. The normalized spacial score (nSPS) is 12.7. The first kappa shape index (κ1) is 14.2. The molecule has 3 nitrogen and oxygen atoms in total. The molecule has 1 aromatic carbocycles. The van der Waals surface area contributed by atoms with Crippen molar-refractivity contribution in [3.8, 4) is 0 Å². The summed E-state index contributed by atoms with van der Waals surface area (Å²) in [4.78, 5) is 0. The van der Waals surface area contributed by atoms with Crippen LogP contribution in [0, 0.1) is 19.7 Å². The van der Waals surface area contributed by atoms with Crippen LogP contribution in [0.25, 0.3) is 0 Å². The molecule has 0 spiro atoms. The number of furan rings is 1. The van der Waals surface area contributed by atoms with Crippen LogP contribution in [0.4, 0.5) is 4.39 Å². The monoisotopic (exact) mass is 326 g/mol. The van der Waals surface area contributed by atoms with E-state index in [2.05, 4.69) is 21.4 Å². The van der Waals surface area contributed by atoms with Gasteiger partial charge in [0.25, 0.3) is 0 Å². The van der Waals surface area contributed by atoms with Crippen LogP contribution in [0.3, 0.4) is 0 Å². The van der Waals surface area contributed by atoms with E-state index >= 15 is 0 Å². The zero-order chi connectivity index (χ0) is 14.0. The fourth-order valence-electron chi connectivity index (χ4n) is 2.18. The third kappa shape index (κ3) is 3.05. The molecular formula is C14H16BrFN2O. The Balaban J connectivity index is 2.29. The van der Waals surface area contributed by atoms with E-state index in [0.717, 1.165) is 22.6 Å². The number of hydrogen-bond donors (Lipinski definition) is 2. The van der Waals surface area contributed by atoms with E-state index in [9.17, 15) is 4.39 Å². The first-order valence-electron chi connectivity index (χ1n) is 5.99. The lowest BCUT2D eigenvalue weighted by atomic mass is 9.99. The van der Waals surface area contributed by atoms with Gasteiger partial charge in [0.15, 0.2) is 0 Å². The minimum absolute atomic E-state index is 0.115. The second kappa shape index (κ2) is 5.86. The highest BCUT2D eigenvalue weighted by Crippen LogP contribution is 2.28. The smallest absolute Gasteiger partial charge is 0.137 e. The summed E-state index contributed by atoms with van der Waals surface area (Å²) in [5.41, 5.74) is 4.62. The maximum absolute atomic E-state index is 13.5. The van der Waals surface area contributed by atoms with Crippen LogP contribution in [0.15, 0.2) is 33.2 Å². The number of rotatable bonds is 4. The summed E-state index contributed by atoms with van der Waals surface area (Å²) in [7, 11) is 0. The Morgan fingerprint density at radius 2 is 2.16 bits per heavy atom. The van der Waals surface area contributed by atoms with Gasteiger partial charge in [0, 0.05) is 5.56 Å². The summed E-state index contributed by atoms with van der Waals surface area (Å²) in [5, 5.41) is 0. The molecule has 5 heteroatoms. The predicted molar refractivity (Wildman–Crippen MR) is 76.1 cm³/mol. The zero-order valence-electron chi connectivity index (χ0n) is 10.8. The Labute approximate surface area is 120 Å². The number of hydrogen-bond acceptors (Lipinski definition) is 3. The molecular weight excluding hydrogens is 311 g/mol. The van der Waals surface area contributed by atoms with E-state index in [1.54, 1.807) is 6.07 Å². The SMILES string of the molecule is Cc1cc(C(Cc2cccc(F)c2Br)NN)c(C)o1. The number of halogens is 2. The van der Waals surface area contributed by atoms with Crippen molar-refractivity contribution in [2.75, 3.05) is 0 Å². The van der Waals surface area contributed by atoms with Gasteiger partial charge in [-0.05, 0) is 53.9 Å². The van der Waals surface area contributed by atoms with Crippen molar-refractivity contribution in [3.05, 3.63) is 57.2 Å². The summed E-state index contributed by atoms with van der Waals surface area (Å²) < 4.78 is 19.5. The average Bonchev–Trinajstić information content (AvgIpc) is 2.70. The molecule has 102 valence electrons. The third-order valence-electron chi connectivity index (χ3n) is 3.11. The predicted octanol–water partition coefficient (Wildman–Crippen LogP) is 3.55. The third-order valence-corrected chi connectivity index (χ3v) is 4.00. The van der Waals surface area contributed by atoms with Gasteiger partial charge in [-0.25, -0.2) is 4.39 Å². The number of nitrogens with two attached hydrogens (primary N) is 1.